The number of esters is 3. The second kappa shape index (κ2) is 62.9. The third-order valence-electron chi connectivity index (χ3n) is 14.6. The largest absolute Gasteiger partial charge is 0.462 e. The quantitative estimate of drug-likeness (QED) is 0.0261. The van der Waals surface area contributed by atoms with Crippen LogP contribution in [0, 0.1) is 0 Å². The van der Waals surface area contributed by atoms with Crippen LogP contribution in [-0.2, 0) is 28.6 Å². The molecule has 0 fully saturated rings. The Bertz CT molecular complexity index is 1280. The highest BCUT2D eigenvalue weighted by Crippen LogP contribution is 2.18. The Morgan fingerprint density at radius 2 is 0.527 bits per heavy atom. The zero-order valence-electron chi connectivity index (χ0n) is 49.6. The molecule has 0 aromatic heterocycles. The highest BCUT2D eigenvalue weighted by molar-refractivity contribution is 5.71. The first-order valence-electron chi connectivity index (χ1n) is 32.6. The molecule has 0 aliphatic rings. The molecule has 0 radical (unpaired) electrons. The molecule has 0 amide bonds. The Morgan fingerprint density at radius 1 is 0.284 bits per heavy atom. The zero-order chi connectivity index (χ0) is 53.6. The lowest BCUT2D eigenvalue weighted by Crippen LogP contribution is -2.30. The van der Waals surface area contributed by atoms with E-state index in [0.29, 0.717) is 19.3 Å². The Labute approximate surface area is 460 Å². The van der Waals surface area contributed by atoms with Crippen LogP contribution in [0.15, 0.2) is 48.6 Å². The fraction of sp³-hybridized carbons (Fsp3) is 0.838. The lowest BCUT2D eigenvalue weighted by Gasteiger charge is -2.18. The lowest BCUT2D eigenvalue weighted by atomic mass is 10.0. The fourth-order valence-corrected chi connectivity index (χ4v) is 9.76. The van der Waals surface area contributed by atoms with Gasteiger partial charge in [0.25, 0.3) is 0 Å². The highest BCUT2D eigenvalue weighted by atomic mass is 16.6. The molecule has 74 heavy (non-hydrogen) atoms. The minimum Gasteiger partial charge on any atom is -0.462 e. The molecule has 0 bridgehead atoms. The molecule has 0 aliphatic heterocycles. The highest BCUT2D eigenvalue weighted by Gasteiger charge is 2.19. The minimum absolute atomic E-state index is 0.0972. The van der Waals surface area contributed by atoms with Crippen molar-refractivity contribution in [3.05, 3.63) is 48.6 Å². The van der Waals surface area contributed by atoms with Crippen LogP contribution >= 0.6 is 0 Å². The van der Waals surface area contributed by atoms with Gasteiger partial charge < -0.3 is 14.2 Å². The number of ether oxygens (including phenoxy) is 3. The Balaban J connectivity index is 4.09. The SMILES string of the molecule is CC/C=C\C/C=C\C/C=C\C/C=C\CCC(=O)OC(COC(=O)CCCCCCCCCCCCCC)COC(=O)CCCCCCCCCCCCCCCCCCCCCCCCCCCCCCCCC. The van der Waals surface area contributed by atoms with E-state index < -0.39 is 6.10 Å². The van der Waals surface area contributed by atoms with Gasteiger partial charge in [-0.2, -0.15) is 0 Å². The van der Waals surface area contributed by atoms with Crippen molar-refractivity contribution in [3.63, 3.8) is 0 Å². The topological polar surface area (TPSA) is 78.9 Å². The molecule has 0 spiro atoms. The third kappa shape index (κ3) is 60.2. The van der Waals surface area contributed by atoms with Crippen LogP contribution in [0.25, 0.3) is 0 Å². The normalized spacial score (nSPS) is 12.3. The molecule has 0 aromatic carbocycles. The predicted molar refractivity (Wildman–Crippen MR) is 321 cm³/mol. The third-order valence-corrected chi connectivity index (χ3v) is 14.6. The number of hydrogen-bond donors (Lipinski definition) is 0. The summed E-state index contributed by atoms with van der Waals surface area (Å²) in [5.41, 5.74) is 0. The fourth-order valence-electron chi connectivity index (χ4n) is 9.76. The second-order valence-electron chi connectivity index (χ2n) is 22.0. The standard InChI is InChI=1S/C68H124O6/c1-4-7-10-13-16-19-22-25-26-27-28-29-30-31-32-33-34-35-36-37-38-39-40-41-42-44-46-49-52-55-58-61-67(70)73-64-65(63-72-66(69)60-57-54-51-48-45-24-21-18-15-12-9-6-3)74-68(71)62-59-56-53-50-47-43-23-20-17-14-11-8-5-2/h8,11,17,20,43,47,53,56,65H,4-7,9-10,12-16,18-19,21-42,44-46,48-52,54-55,57-64H2,1-3H3/b11-8-,20-17-,47-43-,56-53-. The van der Waals surface area contributed by atoms with Gasteiger partial charge in [-0.15, -0.1) is 0 Å². The van der Waals surface area contributed by atoms with E-state index in [1.807, 2.05) is 6.08 Å². The summed E-state index contributed by atoms with van der Waals surface area (Å²) in [6.07, 6.45) is 78.9. The Kier molecular flexibility index (Phi) is 60.7. The first-order chi connectivity index (χ1) is 36.5. The van der Waals surface area contributed by atoms with Crippen molar-refractivity contribution < 1.29 is 28.6 Å². The summed E-state index contributed by atoms with van der Waals surface area (Å²) < 4.78 is 16.8. The van der Waals surface area contributed by atoms with E-state index >= 15 is 0 Å². The summed E-state index contributed by atoms with van der Waals surface area (Å²) in [6.45, 7) is 6.51. The molecule has 0 N–H and O–H groups in total. The van der Waals surface area contributed by atoms with Crippen LogP contribution in [0.5, 0.6) is 0 Å². The van der Waals surface area contributed by atoms with Crippen molar-refractivity contribution in [2.24, 2.45) is 0 Å². The van der Waals surface area contributed by atoms with Gasteiger partial charge in [0.05, 0.1) is 0 Å². The van der Waals surface area contributed by atoms with Gasteiger partial charge in [0, 0.05) is 19.3 Å². The van der Waals surface area contributed by atoms with E-state index in [4.69, 9.17) is 14.2 Å². The molecular weight excluding hydrogens is 913 g/mol. The second-order valence-corrected chi connectivity index (χ2v) is 22.0. The van der Waals surface area contributed by atoms with Crippen LogP contribution in [-0.4, -0.2) is 37.2 Å². The van der Waals surface area contributed by atoms with Crippen molar-refractivity contribution in [1.29, 1.82) is 0 Å². The molecule has 0 aliphatic carbocycles. The molecule has 6 heteroatoms. The van der Waals surface area contributed by atoms with Crippen molar-refractivity contribution >= 4 is 17.9 Å². The van der Waals surface area contributed by atoms with E-state index in [1.54, 1.807) is 0 Å². The Hall–Kier alpha value is -2.63. The number of carbonyl (C=O) groups excluding carboxylic acids is 3. The van der Waals surface area contributed by atoms with E-state index in [9.17, 15) is 14.4 Å². The van der Waals surface area contributed by atoms with Gasteiger partial charge in [-0.1, -0.05) is 333 Å². The lowest BCUT2D eigenvalue weighted by molar-refractivity contribution is -0.166. The van der Waals surface area contributed by atoms with Crippen LogP contribution in [0.4, 0.5) is 0 Å². The van der Waals surface area contributed by atoms with Crippen LogP contribution in [0.2, 0.25) is 0 Å². The molecule has 1 atom stereocenters. The van der Waals surface area contributed by atoms with E-state index in [2.05, 4.69) is 63.3 Å². The summed E-state index contributed by atoms with van der Waals surface area (Å²) in [5.74, 6) is -0.962. The first-order valence-corrected chi connectivity index (χ1v) is 32.6. The number of carbonyl (C=O) groups is 3. The number of allylic oxidation sites excluding steroid dienone is 8. The van der Waals surface area contributed by atoms with E-state index in [0.717, 1.165) is 64.2 Å². The number of unbranched alkanes of at least 4 members (excludes halogenated alkanes) is 41. The average molecular weight is 1040 g/mol. The molecule has 1 unspecified atom stereocenters. The van der Waals surface area contributed by atoms with E-state index in [1.165, 1.54) is 238 Å². The molecule has 0 rings (SSSR count). The monoisotopic (exact) mass is 1040 g/mol. The average Bonchev–Trinajstić information content (AvgIpc) is 3.40. The van der Waals surface area contributed by atoms with Gasteiger partial charge in [-0.05, 0) is 44.9 Å². The van der Waals surface area contributed by atoms with Crippen LogP contribution < -0.4 is 0 Å². The predicted octanol–water partition coefficient (Wildman–Crippen LogP) is 22.2. The van der Waals surface area contributed by atoms with Crippen molar-refractivity contribution in [2.75, 3.05) is 13.2 Å². The molecule has 0 saturated heterocycles. The maximum Gasteiger partial charge on any atom is 0.306 e. The van der Waals surface area contributed by atoms with Crippen LogP contribution in [0.1, 0.15) is 348 Å². The van der Waals surface area contributed by atoms with Gasteiger partial charge in [-0.3, -0.25) is 14.4 Å². The van der Waals surface area contributed by atoms with Gasteiger partial charge in [0.2, 0.25) is 0 Å². The van der Waals surface area contributed by atoms with Crippen molar-refractivity contribution in [3.8, 4) is 0 Å². The summed E-state index contributed by atoms with van der Waals surface area (Å²) in [7, 11) is 0. The van der Waals surface area contributed by atoms with Gasteiger partial charge >= 0.3 is 17.9 Å². The maximum atomic E-state index is 12.8. The van der Waals surface area contributed by atoms with E-state index in [-0.39, 0.29) is 37.5 Å². The van der Waals surface area contributed by atoms with Crippen molar-refractivity contribution in [2.45, 2.75) is 354 Å². The Morgan fingerprint density at radius 3 is 0.797 bits per heavy atom. The number of hydrogen-bond acceptors (Lipinski definition) is 6. The maximum absolute atomic E-state index is 12.8. The van der Waals surface area contributed by atoms with Gasteiger partial charge in [0.1, 0.15) is 13.2 Å². The van der Waals surface area contributed by atoms with Gasteiger partial charge in [0.15, 0.2) is 6.10 Å². The molecule has 0 saturated carbocycles. The summed E-state index contributed by atoms with van der Waals surface area (Å²) in [4.78, 5) is 38.1. The summed E-state index contributed by atoms with van der Waals surface area (Å²) >= 11 is 0. The zero-order valence-corrected chi connectivity index (χ0v) is 49.6. The first kappa shape index (κ1) is 71.4. The minimum atomic E-state index is -0.807. The molecule has 0 aromatic rings. The smallest absolute Gasteiger partial charge is 0.306 e. The molecule has 6 nitrogen and oxygen atoms in total. The molecule has 432 valence electrons. The molecule has 0 heterocycles. The van der Waals surface area contributed by atoms with Crippen LogP contribution in [0.3, 0.4) is 0 Å². The molecular formula is C68H124O6. The van der Waals surface area contributed by atoms with Crippen molar-refractivity contribution in [1.82, 2.24) is 0 Å². The van der Waals surface area contributed by atoms with Gasteiger partial charge in [-0.25, -0.2) is 0 Å². The number of rotatable bonds is 60. The summed E-state index contributed by atoms with van der Waals surface area (Å²) in [6, 6.07) is 0. The summed E-state index contributed by atoms with van der Waals surface area (Å²) in [5, 5.41) is 0.